The Kier molecular flexibility index (Phi) is 4.44. The Morgan fingerprint density at radius 1 is 1.67 bits per heavy atom. The number of rotatable bonds is 1. The molecule has 0 aliphatic rings. The van der Waals surface area contributed by atoms with Crippen LogP contribution >= 0.6 is 0 Å². The van der Waals surface area contributed by atoms with Gasteiger partial charge in [0, 0.05) is 0 Å². The molecule has 0 aromatic carbocycles. The number of hydrogen-bond acceptors (Lipinski definition) is 3. The lowest BCUT2D eigenvalue weighted by Gasteiger charge is -1.79. The summed E-state index contributed by atoms with van der Waals surface area (Å²) in [4.78, 5) is 8.00. The SMILES string of the molecule is C=O.OCc1ccco1. The van der Waals surface area contributed by atoms with E-state index in [1.54, 1.807) is 12.1 Å². The van der Waals surface area contributed by atoms with Gasteiger partial charge in [0.1, 0.15) is 19.2 Å². The maximum atomic E-state index is 8.33. The second kappa shape index (κ2) is 5.05. The maximum Gasteiger partial charge on any atom is 0.129 e. The lowest BCUT2D eigenvalue weighted by atomic mass is 10.5. The van der Waals surface area contributed by atoms with Gasteiger partial charge in [-0.2, -0.15) is 0 Å². The van der Waals surface area contributed by atoms with Crippen molar-refractivity contribution in [3.05, 3.63) is 24.2 Å². The highest BCUT2D eigenvalue weighted by molar-refractivity contribution is 5.10. The van der Waals surface area contributed by atoms with E-state index in [9.17, 15) is 0 Å². The van der Waals surface area contributed by atoms with E-state index < -0.39 is 0 Å². The largest absolute Gasteiger partial charge is 0.467 e. The van der Waals surface area contributed by atoms with Crippen molar-refractivity contribution in [2.75, 3.05) is 0 Å². The summed E-state index contributed by atoms with van der Waals surface area (Å²) in [5.74, 6) is 0.611. The molecule has 0 saturated carbocycles. The molecule has 0 bridgehead atoms. The molecule has 0 spiro atoms. The Labute approximate surface area is 52.9 Å². The van der Waals surface area contributed by atoms with Crippen LogP contribution in [0.3, 0.4) is 0 Å². The molecule has 0 radical (unpaired) electrons. The average Bonchev–Trinajstić information content (AvgIpc) is 2.43. The van der Waals surface area contributed by atoms with Crippen molar-refractivity contribution in [1.82, 2.24) is 0 Å². The van der Waals surface area contributed by atoms with Gasteiger partial charge in [-0.05, 0) is 12.1 Å². The molecular formula is C6H8O3. The zero-order valence-electron chi connectivity index (χ0n) is 4.91. The summed E-state index contributed by atoms with van der Waals surface area (Å²) in [5.41, 5.74) is 0. The van der Waals surface area contributed by atoms with Crippen LogP contribution in [0.2, 0.25) is 0 Å². The normalized spacial score (nSPS) is 7.67. The first kappa shape index (κ1) is 7.91. The van der Waals surface area contributed by atoms with Crippen LogP contribution in [0.25, 0.3) is 0 Å². The molecule has 0 unspecified atom stereocenters. The Balaban J connectivity index is 0.000000291. The summed E-state index contributed by atoms with van der Waals surface area (Å²) in [7, 11) is 0. The summed E-state index contributed by atoms with van der Waals surface area (Å²) in [6.45, 7) is 1.99. The number of aliphatic hydroxyl groups excluding tert-OH is 1. The topological polar surface area (TPSA) is 50.4 Å². The van der Waals surface area contributed by atoms with Gasteiger partial charge in [0.25, 0.3) is 0 Å². The molecule has 9 heavy (non-hydrogen) atoms. The first-order valence-electron chi connectivity index (χ1n) is 2.35. The molecule has 1 heterocycles. The smallest absolute Gasteiger partial charge is 0.129 e. The van der Waals surface area contributed by atoms with Crippen molar-refractivity contribution in [3.8, 4) is 0 Å². The van der Waals surface area contributed by atoms with Crippen molar-refractivity contribution < 1.29 is 14.3 Å². The zero-order chi connectivity index (χ0) is 7.11. The van der Waals surface area contributed by atoms with E-state index in [0.29, 0.717) is 5.76 Å². The van der Waals surface area contributed by atoms with Crippen LogP contribution in [0.1, 0.15) is 5.76 Å². The van der Waals surface area contributed by atoms with Crippen molar-refractivity contribution in [3.63, 3.8) is 0 Å². The van der Waals surface area contributed by atoms with Gasteiger partial charge in [-0.3, -0.25) is 0 Å². The third-order valence-corrected chi connectivity index (χ3v) is 0.736. The highest BCUT2D eigenvalue weighted by atomic mass is 16.4. The standard InChI is InChI=1S/C5H6O2.CH2O/c6-4-5-2-1-3-7-5;1-2/h1-3,6H,4H2;1H2. The van der Waals surface area contributed by atoms with E-state index in [-0.39, 0.29) is 6.61 Å². The van der Waals surface area contributed by atoms with Crippen molar-refractivity contribution in [1.29, 1.82) is 0 Å². The minimum atomic E-state index is -0.00694. The van der Waals surface area contributed by atoms with Crippen LogP contribution in [0.5, 0.6) is 0 Å². The maximum absolute atomic E-state index is 8.33. The molecule has 50 valence electrons. The van der Waals surface area contributed by atoms with E-state index in [1.165, 1.54) is 6.26 Å². The highest BCUT2D eigenvalue weighted by Gasteiger charge is 1.85. The fourth-order valence-corrected chi connectivity index (χ4v) is 0.403. The van der Waals surface area contributed by atoms with Crippen LogP contribution in [-0.2, 0) is 11.4 Å². The molecule has 1 aromatic rings. The zero-order valence-corrected chi connectivity index (χ0v) is 4.91. The molecule has 0 saturated heterocycles. The summed E-state index contributed by atoms with van der Waals surface area (Å²) < 4.78 is 4.73. The van der Waals surface area contributed by atoms with Crippen molar-refractivity contribution in [2.24, 2.45) is 0 Å². The molecule has 1 rings (SSSR count). The minimum absolute atomic E-state index is 0.00694. The number of carbonyl (C=O) groups excluding carboxylic acids is 1. The monoisotopic (exact) mass is 128 g/mol. The number of furan rings is 1. The Morgan fingerprint density at radius 2 is 2.33 bits per heavy atom. The predicted molar refractivity (Wildman–Crippen MR) is 31.8 cm³/mol. The van der Waals surface area contributed by atoms with Gasteiger partial charge in [0.2, 0.25) is 0 Å². The molecule has 0 fully saturated rings. The number of carbonyl (C=O) groups is 1. The van der Waals surface area contributed by atoms with Crippen LogP contribution in [0, 0.1) is 0 Å². The van der Waals surface area contributed by atoms with E-state index in [0.717, 1.165) is 0 Å². The van der Waals surface area contributed by atoms with Gasteiger partial charge in [-0.1, -0.05) is 0 Å². The van der Waals surface area contributed by atoms with Gasteiger partial charge in [-0.25, -0.2) is 0 Å². The molecule has 3 nitrogen and oxygen atoms in total. The average molecular weight is 128 g/mol. The Morgan fingerprint density at radius 3 is 2.56 bits per heavy atom. The van der Waals surface area contributed by atoms with Gasteiger partial charge < -0.3 is 14.3 Å². The lowest BCUT2D eigenvalue weighted by Crippen LogP contribution is -1.72. The second-order valence-corrected chi connectivity index (χ2v) is 1.24. The highest BCUT2D eigenvalue weighted by Crippen LogP contribution is 1.96. The van der Waals surface area contributed by atoms with Crippen LogP contribution in [-0.4, -0.2) is 11.9 Å². The van der Waals surface area contributed by atoms with E-state index >= 15 is 0 Å². The molecule has 1 aromatic heterocycles. The van der Waals surface area contributed by atoms with Gasteiger partial charge in [0.15, 0.2) is 0 Å². The number of aliphatic hydroxyl groups is 1. The Hall–Kier alpha value is -1.09. The van der Waals surface area contributed by atoms with Gasteiger partial charge >= 0.3 is 0 Å². The second-order valence-electron chi connectivity index (χ2n) is 1.24. The third-order valence-electron chi connectivity index (χ3n) is 0.736. The van der Waals surface area contributed by atoms with Crippen LogP contribution in [0.4, 0.5) is 0 Å². The van der Waals surface area contributed by atoms with E-state index in [4.69, 9.17) is 14.3 Å². The summed E-state index contributed by atoms with van der Waals surface area (Å²) in [6.07, 6.45) is 1.53. The van der Waals surface area contributed by atoms with Crippen LogP contribution < -0.4 is 0 Å². The van der Waals surface area contributed by atoms with Gasteiger partial charge in [0.05, 0.1) is 6.26 Å². The molecular weight excluding hydrogens is 120 g/mol. The molecule has 0 amide bonds. The van der Waals surface area contributed by atoms with Crippen molar-refractivity contribution >= 4 is 6.79 Å². The third kappa shape index (κ3) is 2.66. The summed E-state index contributed by atoms with van der Waals surface area (Å²) >= 11 is 0. The summed E-state index contributed by atoms with van der Waals surface area (Å²) in [6, 6.07) is 3.46. The Bertz CT molecular complexity index is 134. The fraction of sp³-hybridized carbons (Fsp3) is 0.167. The minimum Gasteiger partial charge on any atom is -0.467 e. The summed E-state index contributed by atoms with van der Waals surface area (Å²) in [5, 5.41) is 8.33. The lowest BCUT2D eigenvalue weighted by molar-refractivity contribution is -0.0979. The van der Waals surface area contributed by atoms with Crippen LogP contribution in [0.15, 0.2) is 22.8 Å². The van der Waals surface area contributed by atoms with Crippen molar-refractivity contribution in [2.45, 2.75) is 6.61 Å². The quantitative estimate of drug-likeness (QED) is 0.602. The first-order chi connectivity index (χ1) is 4.43. The van der Waals surface area contributed by atoms with E-state index in [2.05, 4.69) is 0 Å². The van der Waals surface area contributed by atoms with E-state index in [1.807, 2.05) is 6.79 Å². The fourth-order valence-electron chi connectivity index (χ4n) is 0.403. The number of hydrogen-bond donors (Lipinski definition) is 1. The molecule has 0 atom stereocenters. The molecule has 0 aliphatic heterocycles. The predicted octanol–water partition coefficient (Wildman–Crippen LogP) is 0.587. The first-order valence-corrected chi connectivity index (χ1v) is 2.35. The molecule has 1 N–H and O–H groups in total. The molecule has 0 aliphatic carbocycles. The molecule has 3 heteroatoms. The van der Waals surface area contributed by atoms with Gasteiger partial charge in [-0.15, -0.1) is 0 Å².